The van der Waals surface area contributed by atoms with Crippen molar-refractivity contribution in [2.75, 3.05) is 33.8 Å². The molecule has 280 valence electrons. The minimum Gasteiger partial charge on any atom is -0.467 e. The number of carbonyl (C=O) groups excluding carboxylic acids is 4. The Morgan fingerprint density at radius 1 is 1.00 bits per heavy atom. The lowest BCUT2D eigenvalue weighted by Gasteiger charge is -2.32. The molecular formula is C37H64N4O8. The van der Waals surface area contributed by atoms with Crippen LogP contribution in [-0.2, 0) is 35.2 Å². The number of hydrogen-bond donors (Lipinski definition) is 4. The van der Waals surface area contributed by atoms with E-state index in [1.165, 1.54) is 18.9 Å². The van der Waals surface area contributed by atoms with Gasteiger partial charge in [-0.2, -0.15) is 0 Å². The molecule has 3 atom stereocenters. The molecule has 4 N–H and O–H groups in total. The Hall–Kier alpha value is -3.58. The Morgan fingerprint density at radius 2 is 1.63 bits per heavy atom. The standard InChI is InChI=1S/C17H32N2O3.C12H15NO2.C8H17NO3/c1-6-7-8-9-10-15(17(21)22-5)19-16(20)14(4)18-12-11-13(2)3;1-3-9-13(2)12(14)15-10-11-7-5-4-6-8-11;1-7(2,3)12-8(4,11)9-5-6-10/h6,13-15,18H,1,7-12H2,2-5H3,(H,19,20);3-8H,1,9-10H2,2H3;6,9,11H,5H2,1-4H3/t14?,15-;;/m0../s1. The van der Waals surface area contributed by atoms with Gasteiger partial charge in [-0.05, 0) is 71.4 Å². The van der Waals surface area contributed by atoms with Crippen molar-refractivity contribution in [2.45, 2.75) is 111 Å². The molecule has 0 heterocycles. The molecule has 0 aromatic heterocycles. The maximum absolute atomic E-state index is 12.1. The first kappa shape index (κ1) is 47.5. The Kier molecular flexibility index (Phi) is 26.5. The van der Waals surface area contributed by atoms with E-state index in [1.807, 2.05) is 64.1 Å². The lowest BCUT2D eigenvalue weighted by atomic mass is 10.1. The number of aliphatic hydroxyl groups is 1. The van der Waals surface area contributed by atoms with Crippen LogP contribution in [0, 0.1) is 5.92 Å². The van der Waals surface area contributed by atoms with Crippen LogP contribution in [0.1, 0.15) is 86.1 Å². The zero-order valence-electron chi connectivity index (χ0n) is 31.4. The molecule has 0 saturated carbocycles. The van der Waals surface area contributed by atoms with Crippen molar-refractivity contribution in [3.63, 3.8) is 0 Å². The monoisotopic (exact) mass is 692 g/mol. The molecule has 0 aliphatic heterocycles. The molecule has 1 rings (SSSR count). The minimum absolute atomic E-state index is 0.0725. The quantitative estimate of drug-likeness (QED) is 0.0476. The number of nitrogens with one attached hydrogen (secondary N) is 3. The third-order valence-electron chi connectivity index (χ3n) is 6.46. The third-order valence-corrected chi connectivity index (χ3v) is 6.46. The van der Waals surface area contributed by atoms with Crippen LogP contribution in [0.5, 0.6) is 0 Å². The molecule has 0 fully saturated rings. The maximum atomic E-state index is 12.1. The number of methoxy groups -OCH3 is 1. The highest BCUT2D eigenvalue weighted by Crippen LogP contribution is 2.14. The molecule has 0 saturated heterocycles. The van der Waals surface area contributed by atoms with Crippen LogP contribution in [0.25, 0.3) is 0 Å². The van der Waals surface area contributed by atoms with Gasteiger partial charge in [0.2, 0.25) is 11.8 Å². The van der Waals surface area contributed by atoms with E-state index in [9.17, 15) is 24.3 Å². The predicted octanol–water partition coefficient (Wildman–Crippen LogP) is 5.11. The third kappa shape index (κ3) is 28.0. The topological polar surface area (TPSA) is 156 Å². The van der Waals surface area contributed by atoms with E-state index in [4.69, 9.17) is 14.2 Å². The number of allylic oxidation sites excluding steroid dienone is 1. The molecule has 0 aliphatic carbocycles. The first-order chi connectivity index (χ1) is 22.9. The van der Waals surface area contributed by atoms with E-state index in [1.54, 1.807) is 13.1 Å². The van der Waals surface area contributed by atoms with Crippen molar-refractivity contribution in [1.29, 1.82) is 0 Å². The molecule has 0 spiro atoms. The van der Waals surface area contributed by atoms with E-state index in [0.29, 0.717) is 31.8 Å². The number of hydrogen-bond acceptors (Lipinski definition) is 10. The van der Waals surface area contributed by atoms with Gasteiger partial charge in [0.1, 0.15) is 18.9 Å². The summed E-state index contributed by atoms with van der Waals surface area (Å²) in [6, 6.07) is 8.69. The largest absolute Gasteiger partial charge is 0.467 e. The molecule has 1 aromatic rings. The van der Waals surface area contributed by atoms with Gasteiger partial charge in [0.15, 0.2) is 0 Å². The maximum Gasteiger partial charge on any atom is 0.410 e. The van der Waals surface area contributed by atoms with Crippen molar-refractivity contribution in [1.82, 2.24) is 20.9 Å². The first-order valence-corrected chi connectivity index (χ1v) is 16.8. The van der Waals surface area contributed by atoms with Crippen molar-refractivity contribution in [3.05, 3.63) is 61.2 Å². The molecule has 0 aliphatic rings. The van der Waals surface area contributed by atoms with Crippen LogP contribution in [0.4, 0.5) is 4.79 Å². The van der Waals surface area contributed by atoms with Crippen LogP contribution in [-0.4, -0.2) is 91.6 Å². The van der Waals surface area contributed by atoms with Gasteiger partial charge in [0.05, 0.1) is 25.3 Å². The number of carbonyl (C=O) groups is 4. The number of esters is 1. The summed E-state index contributed by atoms with van der Waals surface area (Å²) in [5, 5.41) is 18.0. The summed E-state index contributed by atoms with van der Waals surface area (Å²) in [5.74, 6) is -1.40. The fourth-order valence-corrected chi connectivity index (χ4v) is 3.97. The van der Waals surface area contributed by atoms with E-state index < -0.39 is 17.6 Å². The van der Waals surface area contributed by atoms with Crippen molar-refractivity contribution in [3.8, 4) is 0 Å². The molecule has 0 bridgehead atoms. The van der Waals surface area contributed by atoms with E-state index in [-0.39, 0.29) is 30.6 Å². The summed E-state index contributed by atoms with van der Waals surface area (Å²) >= 11 is 0. The van der Waals surface area contributed by atoms with Gasteiger partial charge in [0.25, 0.3) is 0 Å². The normalized spacial score (nSPS) is 13.1. The zero-order valence-corrected chi connectivity index (χ0v) is 31.4. The zero-order chi connectivity index (χ0) is 37.9. The Balaban J connectivity index is 0. The average Bonchev–Trinajstić information content (AvgIpc) is 3.03. The van der Waals surface area contributed by atoms with Crippen LogP contribution in [0.2, 0.25) is 0 Å². The number of aldehydes is 1. The highest BCUT2D eigenvalue weighted by Gasteiger charge is 2.27. The molecule has 0 radical (unpaired) electrons. The molecule has 2 amide bonds. The van der Waals surface area contributed by atoms with Crippen LogP contribution in [0.15, 0.2) is 55.6 Å². The highest BCUT2D eigenvalue weighted by atomic mass is 16.7. The minimum atomic E-state index is -1.45. The van der Waals surface area contributed by atoms with Gasteiger partial charge in [0, 0.05) is 20.5 Å². The fourth-order valence-electron chi connectivity index (χ4n) is 3.97. The van der Waals surface area contributed by atoms with Gasteiger partial charge in [-0.15, -0.1) is 13.2 Å². The summed E-state index contributed by atoms with van der Waals surface area (Å²) in [6.45, 7) is 21.9. The number of unbranched alkanes of at least 4 members (excludes halogenated alkanes) is 2. The van der Waals surface area contributed by atoms with Gasteiger partial charge in [-0.1, -0.05) is 62.8 Å². The summed E-state index contributed by atoms with van der Waals surface area (Å²) in [6.07, 6.45) is 8.16. The van der Waals surface area contributed by atoms with E-state index in [0.717, 1.165) is 37.8 Å². The van der Waals surface area contributed by atoms with Crippen molar-refractivity contribution >= 4 is 24.3 Å². The second-order valence-electron chi connectivity index (χ2n) is 13.0. The SMILES string of the molecule is C=CCCCC[C@H](NC(=O)C(C)NCCC(C)C)C(=O)OC.C=CCN(C)C(=O)OCc1ccccc1.CC(C)(C)OC(C)(O)NCC=O. The molecule has 12 heteroatoms. The van der Waals surface area contributed by atoms with E-state index in [2.05, 4.69) is 43.0 Å². The summed E-state index contributed by atoms with van der Waals surface area (Å²) in [4.78, 5) is 46.7. The number of amides is 2. The van der Waals surface area contributed by atoms with Crippen molar-refractivity contribution in [2.24, 2.45) is 5.92 Å². The average molecular weight is 693 g/mol. The fraction of sp³-hybridized carbons (Fsp3) is 0.622. The number of rotatable bonds is 20. The summed E-state index contributed by atoms with van der Waals surface area (Å²) in [5.41, 5.74) is 0.539. The molecule has 49 heavy (non-hydrogen) atoms. The van der Waals surface area contributed by atoms with Gasteiger partial charge in [-0.25, -0.2) is 9.59 Å². The van der Waals surface area contributed by atoms with Crippen LogP contribution >= 0.6 is 0 Å². The molecular weight excluding hydrogens is 628 g/mol. The number of nitrogens with zero attached hydrogens (tertiary/aromatic N) is 1. The smallest absolute Gasteiger partial charge is 0.410 e. The summed E-state index contributed by atoms with van der Waals surface area (Å²) in [7, 11) is 3.02. The molecule has 12 nitrogen and oxygen atoms in total. The summed E-state index contributed by atoms with van der Waals surface area (Å²) < 4.78 is 15.1. The van der Waals surface area contributed by atoms with Crippen molar-refractivity contribution < 1.29 is 38.5 Å². The van der Waals surface area contributed by atoms with Crippen LogP contribution in [0.3, 0.4) is 0 Å². The van der Waals surface area contributed by atoms with Gasteiger partial charge >= 0.3 is 12.1 Å². The first-order valence-electron chi connectivity index (χ1n) is 16.8. The number of benzene rings is 1. The number of ether oxygens (including phenoxy) is 3. The molecule has 2 unspecified atom stereocenters. The lowest BCUT2D eigenvalue weighted by Crippen LogP contribution is -2.49. The lowest BCUT2D eigenvalue weighted by molar-refractivity contribution is -0.258. The number of likely N-dealkylation sites (N-methyl/N-ethyl adjacent to an activating group) is 1. The second-order valence-corrected chi connectivity index (χ2v) is 13.0. The second kappa shape index (κ2) is 27.3. The van der Waals surface area contributed by atoms with E-state index >= 15 is 0 Å². The highest BCUT2D eigenvalue weighted by molar-refractivity contribution is 5.87. The Morgan fingerprint density at radius 3 is 2.14 bits per heavy atom. The Bertz CT molecular complexity index is 1070. The van der Waals surface area contributed by atoms with Gasteiger partial charge in [-0.3, -0.25) is 10.1 Å². The predicted molar refractivity (Wildman–Crippen MR) is 195 cm³/mol. The van der Waals surface area contributed by atoms with Gasteiger partial charge < -0.3 is 39.6 Å². The Labute approximate surface area is 295 Å². The molecule has 1 aromatic carbocycles. The van der Waals surface area contributed by atoms with Crippen LogP contribution < -0.4 is 16.0 Å².